The highest BCUT2D eigenvalue weighted by Gasteiger charge is 2.49. The summed E-state index contributed by atoms with van der Waals surface area (Å²) in [5.74, 6) is -0.316. The number of hydrogen-bond donors (Lipinski definition) is 1. The molecule has 1 aromatic carbocycles. The van der Waals surface area contributed by atoms with Crippen LogP contribution in [-0.2, 0) is 21.6 Å². The number of nitrogens with zero attached hydrogens (tertiary/aromatic N) is 2. The number of rotatable bonds is 8. The van der Waals surface area contributed by atoms with Crippen LogP contribution in [0, 0.1) is 13.8 Å². The van der Waals surface area contributed by atoms with Crippen molar-refractivity contribution in [3.8, 4) is 0 Å². The van der Waals surface area contributed by atoms with E-state index in [-0.39, 0.29) is 12.3 Å². The Morgan fingerprint density at radius 2 is 1.81 bits per heavy atom. The Labute approximate surface area is 183 Å². The SMILES string of the molecule is COCCn1c(C)cc(C(=O)CN2C(=O)NC(C)(c3ccc(C(C)C)cc3)C2=O)c1C. The highest BCUT2D eigenvalue weighted by atomic mass is 16.5. The van der Waals surface area contributed by atoms with Gasteiger partial charge >= 0.3 is 6.03 Å². The third kappa shape index (κ3) is 4.14. The molecule has 1 N–H and O–H groups in total. The minimum Gasteiger partial charge on any atom is -0.383 e. The summed E-state index contributed by atoms with van der Waals surface area (Å²) in [6, 6.07) is 8.91. The number of benzene rings is 1. The lowest BCUT2D eigenvalue weighted by atomic mass is 9.90. The zero-order valence-electron chi connectivity index (χ0n) is 19.1. The van der Waals surface area contributed by atoms with Gasteiger partial charge in [0.2, 0.25) is 0 Å². The smallest absolute Gasteiger partial charge is 0.325 e. The lowest BCUT2D eigenvalue weighted by molar-refractivity contribution is -0.130. The van der Waals surface area contributed by atoms with E-state index >= 15 is 0 Å². The van der Waals surface area contributed by atoms with E-state index < -0.39 is 17.5 Å². The third-order valence-corrected chi connectivity index (χ3v) is 6.12. The van der Waals surface area contributed by atoms with Crippen molar-refractivity contribution >= 4 is 17.7 Å². The first kappa shape index (κ1) is 22.7. The molecule has 1 aliphatic rings. The Kier molecular flexibility index (Phi) is 6.36. The molecule has 0 aliphatic carbocycles. The van der Waals surface area contributed by atoms with Crippen molar-refractivity contribution in [3.05, 3.63) is 58.4 Å². The number of urea groups is 1. The van der Waals surface area contributed by atoms with E-state index in [1.54, 1.807) is 20.1 Å². The van der Waals surface area contributed by atoms with Gasteiger partial charge in [-0.3, -0.25) is 14.5 Å². The average molecular weight is 426 g/mol. The molecule has 0 bridgehead atoms. The molecular weight excluding hydrogens is 394 g/mol. The zero-order chi connectivity index (χ0) is 22.9. The van der Waals surface area contributed by atoms with Crippen LogP contribution in [0.15, 0.2) is 30.3 Å². The van der Waals surface area contributed by atoms with Gasteiger partial charge in [0.25, 0.3) is 5.91 Å². The van der Waals surface area contributed by atoms with Gasteiger partial charge in [-0.1, -0.05) is 38.1 Å². The maximum absolute atomic E-state index is 13.2. The molecule has 7 nitrogen and oxygen atoms in total. The Bertz CT molecular complexity index is 1010. The second-order valence-electron chi connectivity index (χ2n) is 8.58. The fraction of sp³-hybridized carbons (Fsp3) is 0.458. The molecule has 7 heteroatoms. The molecule has 0 spiro atoms. The Hall–Kier alpha value is -2.93. The van der Waals surface area contributed by atoms with Gasteiger partial charge in [0, 0.05) is 30.6 Å². The van der Waals surface area contributed by atoms with Gasteiger partial charge in [0.05, 0.1) is 13.2 Å². The van der Waals surface area contributed by atoms with Gasteiger partial charge in [-0.2, -0.15) is 0 Å². The van der Waals surface area contributed by atoms with Gasteiger partial charge in [-0.05, 0) is 43.9 Å². The van der Waals surface area contributed by atoms with Crippen LogP contribution >= 0.6 is 0 Å². The van der Waals surface area contributed by atoms with Crippen LogP contribution in [0.4, 0.5) is 4.79 Å². The van der Waals surface area contributed by atoms with Crippen molar-refractivity contribution < 1.29 is 19.1 Å². The molecule has 3 rings (SSSR count). The number of carbonyl (C=O) groups is 3. The largest absolute Gasteiger partial charge is 0.383 e. The van der Waals surface area contributed by atoms with Gasteiger partial charge < -0.3 is 14.6 Å². The molecule has 2 heterocycles. The molecule has 1 saturated heterocycles. The minimum atomic E-state index is -1.19. The molecule has 1 unspecified atom stereocenters. The fourth-order valence-electron chi connectivity index (χ4n) is 4.08. The summed E-state index contributed by atoms with van der Waals surface area (Å²) in [5, 5.41) is 2.77. The van der Waals surface area contributed by atoms with E-state index in [4.69, 9.17) is 4.74 Å². The van der Waals surface area contributed by atoms with Crippen molar-refractivity contribution in [1.29, 1.82) is 0 Å². The van der Waals surface area contributed by atoms with Crippen molar-refractivity contribution in [2.45, 2.75) is 52.6 Å². The Morgan fingerprint density at radius 1 is 1.16 bits per heavy atom. The molecular formula is C24H31N3O4. The molecule has 0 radical (unpaired) electrons. The standard InChI is InChI=1S/C24H31N3O4/c1-15(2)18-7-9-19(10-8-18)24(5)22(29)27(23(30)25-24)14-21(28)20-13-16(3)26(17(20)4)11-12-31-6/h7-10,13,15H,11-12,14H2,1-6H3,(H,25,30). The van der Waals surface area contributed by atoms with E-state index in [1.807, 2.05) is 42.7 Å². The number of hydrogen-bond acceptors (Lipinski definition) is 4. The molecule has 1 fully saturated rings. The predicted octanol–water partition coefficient (Wildman–Crippen LogP) is 3.52. The van der Waals surface area contributed by atoms with Gasteiger partial charge in [-0.15, -0.1) is 0 Å². The summed E-state index contributed by atoms with van der Waals surface area (Å²) in [4.78, 5) is 39.8. The molecule has 166 valence electrons. The highest BCUT2D eigenvalue weighted by Crippen LogP contribution is 2.30. The number of aromatic nitrogens is 1. The monoisotopic (exact) mass is 425 g/mol. The van der Waals surface area contributed by atoms with Crippen molar-refractivity contribution in [2.75, 3.05) is 20.3 Å². The van der Waals surface area contributed by atoms with Crippen molar-refractivity contribution in [2.24, 2.45) is 0 Å². The number of nitrogens with one attached hydrogen (secondary N) is 1. The van der Waals surface area contributed by atoms with E-state index in [0.717, 1.165) is 21.9 Å². The lowest BCUT2D eigenvalue weighted by Crippen LogP contribution is -2.41. The molecule has 31 heavy (non-hydrogen) atoms. The van der Waals surface area contributed by atoms with Crippen LogP contribution < -0.4 is 5.32 Å². The normalized spacial score (nSPS) is 18.7. The molecule has 1 aliphatic heterocycles. The van der Waals surface area contributed by atoms with Gasteiger partial charge in [0.15, 0.2) is 5.78 Å². The maximum atomic E-state index is 13.2. The zero-order valence-corrected chi connectivity index (χ0v) is 19.1. The summed E-state index contributed by atoms with van der Waals surface area (Å²) < 4.78 is 7.14. The molecule has 3 amide bonds. The van der Waals surface area contributed by atoms with Crippen LogP contribution in [0.5, 0.6) is 0 Å². The van der Waals surface area contributed by atoms with Crippen molar-refractivity contribution in [3.63, 3.8) is 0 Å². The van der Waals surface area contributed by atoms with Crippen LogP contribution in [0.25, 0.3) is 0 Å². The summed E-state index contributed by atoms with van der Waals surface area (Å²) in [7, 11) is 1.63. The first-order chi connectivity index (χ1) is 14.6. The topological polar surface area (TPSA) is 80.6 Å². The Balaban J connectivity index is 1.81. The van der Waals surface area contributed by atoms with Crippen LogP contribution in [0.2, 0.25) is 0 Å². The fourth-order valence-corrected chi connectivity index (χ4v) is 4.08. The number of aryl methyl sites for hydroxylation is 1. The molecule has 0 saturated carbocycles. The number of ketones is 1. The summed E-state index contributed by atoms with van der Waals surface area (Å²) in [6.45, 7) is 10.5. The van der Waals surface area contributed by atoms with Crippen LogP contribution in [0.3, 0.4) is 0 Å². The number of carbonyl (C=O) groups excluding carboxylic acids is 3. The lowest BCUT2D eigenvalue weighted by Gasteiger charge is -2.22. The number of ether oxygens (including phenoxy) is 1. The number of methoxy groups -OCH3 is 1. The van der Waals surface area contributed by atoms with Gasteiger partial charge in [0.1, 0.15) is 5.54 Å². The Morgan fingerprint density at radius 3 is 2.39 bits per heavy atom. The van der Waals surface area contributed by atoms with E-state index in [1.165, 1.54) is 0 Å². The quantitative estimate of drug-likeness (QED) is 0.518. The summed E-state index contributed by atoms with van der Waals surface area (Å²) in [5.41, 5.74) is 2.92. The molecule has 2 aromatic rings. The van der Waals surface area contributed by atoms with E-state index in [0.29, 0.717) is 30.2 Å². The second-order valence-corrected chi connectivity index (χ2v) is 8.58. The highest BCUT2D eigenvalue weighted by molar-refractivity contribution is 6.11. The minimum absolute atomic E-state index is 0.264. The third-order valence-electron chi connectivity index (χ3n) is 6.12. The first-order valence-electron chi connectivity index (χ1n) is 10.5. The number of Topliss-reactive ketones (excluding diaryl/α,β-unsaturated/α-hetero) is 1. The van der Waals surface area contributed by atoms with Crippen molar-refractivity contribution in [1.82, 2.24) is 14.8 Å². The van der Waals surface area contributed by atoms with Crippen LogP contribution in [-0.4, -0.2) is 47.4 Å². The number of imide groups is 1. The first-order valence-corrected chi connectivity index (χ1v) is 10.5. The average Bonchev–Trinajstić information content (AvgIpc) is 3.14. The van der Waals surface area contributed by atoms with E-state index in [9.17, 15) is 14.4 Å². The van der Waals surface area contributed by atoms with Crippen LogP contribution in [0.1, 0.15) is 59.6 Å². The predicted molar refractivity (Wildman–Crippen MR) is 118 cm³/mol. The maximum Gasteiger partial charge on any atom is 0.325 e. The number of amides is 3. The molecule has 1 atom stereocenters. The molecule has 1 aromatic heterocycles. The van der Waals surface area contributed by atoms with E-state index in [2.05, 4.69) is 19.2 Å². The second kappa shape index (κ2) is 8.67. The summed E-state index contributed by atoms with van der Waals surface area (Å²) >= 11 is 0. The van der Waals surface area contributed by atoms with Gasteiger partial charge in [-0.25, -0.2) is 4.79 Å². The summed E-state index contributed by atoms with van der Waals surface area (Å²) in [6.07, 6.45) is 0.